The molecule has 1 N–H and O–H groups in total. The van der Waals surface area contributed by atoms with Gasteiger partial charge in [0.15, 0.2) is 0 Å². The SMILES string of the molecule is CCCCCCCCCCCC[C@H](C(=O)O)c1ccc([N+](=O)[O-])cc1. The van der Waals surface area contributed by atoms with Crippen molar-refractivity contribution in [2.75, 3.05) is 0 Å². The van der Waals surface area contributed by atoms with E-state index in [1.54, 1.807) is 12.1 Å². The van der Waals surface area contributed by atoms with Crippen LogP contribution in [0, 0.1) is 10.1 Å². The van der Waals surface area contributed by atoms with E-state index in [2.05, 4.69) is 6.92 Å². The van der Waals surface area contributed by atoms with Crippen molar-refractivity contribution in [2.24, 2.45) is 0 Å². The van der Waals surface area contributed by atoms with Gasteiger partial charge in [0.2, 0.25) is 0 Å². The first-order chi connectivity index (χ1) is 12.1. The fourth-order valence-corrected chi connectivity index (χ4v) is 3.10. The van der Waals surface area contributed by atoms with Gasteiger partial charge < -0.3 is 5.11 Å². The number of carbonyl (C=O) groups is 1. The third-order valence-electron chi connectivity index (χ3n) is 4.65. The van der Waals surface area contributed by atoms with Gasteiger partial charge in [0.1, 0.15) is 0 Å². The molecule has 0 bridgehead atoms. The Morgan fingerprint density at radius 1 is 0.960 bits per heavy atom. The summed E-state index contributed by atoms with van der Waals surface area (Å²) in [6.45, 7) is 2.22. The van der Waals surface area contributed by atoms with Gasteiger partial charge in [0, 0.05) is 12.1 Å². The Morgan fingerprint density at radius 2 is 1.44 bits per heavy atom. The van der Waals surface area contributed by atoms with Gasteiger partial charge in [-0.1, -0.05) is 83.3 Å². The number of benzene rings is 1. The molecule has 0 aliphatic heterocycles. The van der Waals surface area contributed by atoms with Crippen LogP contribution >= 0.6 is 0 Å². The highest BCUT2D eigenvalue weighted by Crippen LogP contribution is 2.25. The Kier molecular flexibility index (Phi) is 10.5. The molecule has 140 valence electrons. The average molecular weight is 349 g/mol. The molecule has 0 saturated heterocycles. The Hall–Kier alpha value is -1.91. The van der Waals surface area contributed by atoms with E-state index in [-0.39, 0.29) is 5.69 Å². The topological polar surface area (TPSA) is 80.4 Å². The predicted molar refractivity (Wildman–Crippen MR) is 99.9 cm³/mol. The van der Waals surface area contributed by atoms with Crippen molar-refractivity contribution in [3.8, 4) is 0 Å². The van der Waals surface area contributed by atoms with Gasteiger partial charge in [-0.05, 0) is 12.0 Å². The molecule has 5 nitrogen and oxygen atoms in total. The normalized spacial score (nSPS) is 12.0. The van der Waals surface area contributed by atoms with Crippen molar-refractivity contribution in [1.29, 1.82) is 0 Å². The first-order valence-electron chi connectivity index (χ1n) is 9.53. The van der Waals surface area contributed by atoms with Crippen LogP contribution in [0.3, 0.4) is 0 Å². The molecular weight excluding hydrogens is 318 g/mol. The van der Waals surface area contributed by atoms with Gasteiger partial charge >= 0.3 is 5.97 Å². The monoisotopic (exact) mass is 349 g/mol. The molecule has 0 heterocycles. The maximum atomic E-state index is 11.5. The minimum atomic E-state index is -0.857. The number of hydrogen-bond donors (Lipinski definition) is 1. The van der Waals surface area contributed by atoms with E-state index in [4.69, 9.17) is 0 Å². The van der Waals surface area contributed by atoms with Gasteiger partial charge in [-0.2, -0.15) is 0 Å². The summed E-state index contributed by atoms with van der Waals surface area (Å²) in [6, 6.07) is 5.88. The number of hydrogen-bond acceptors (Lipinski definition) is 3. The Bertz CT molecular complexity index is 513. The number of nitro groups is 1. The lowest BCUT2D eigenvalue weighted by Crippen LogP contribution is -2.11. The van der Waals surface area contributed by atoms with Crippen molar-refractivity contribution in [3.05, 3.63) is 39.9 Å². The van der Waals surface area contributed by atoms with Crippen molar-refractivity contribution in [1.82, 2.24) is 0 Å². The minimum Gasteiger partial charge on any atom is -0.481 e. The van der Waals surface area contributed by atoms with Gasteiger partial charge in [-0.15, -0.1) is 0 Å². The molecule has 0 fully saturated rings. The van der Waals surface area contributed by atoms with Crippen LogP contribution in [0.2, 0.25) is 0 Å². The summed E-state index contributed by atoms with van der Waals surface area (Å²) in [5.41, 5.74) is 0.640. The van der Waals surface area contributed by atoms with E-state index >= 15 is 0 Å². The molecule has 1 aromatic rings. The van der Waals surface area contributed by atoms with Crippen LogP contribution in [-0.4, -0.2) is 16.0 Å². The fourth-order valence-electron chi connectivity index (χ4n) is 3.10. The fraction of sp³-hybridized carbons (Fsp3) is 0.650. The summed E-state index contributed by atoms with van der Waals surface area (Å²) in [5.74, 6) is -1.43. The molecule has 0 saturated carbocycles. The number of carboxylic acid groups (broad SMARTS) is 1. The Morgan fingerprint density at radius 3 is 1.88 bits per heavy atom. The highest BCUT2D eigenvalue weighted by molar-refractivity contribution is 5.76. The van der Waals surface area contributed by atoms with Crippen LogP contribution in [0.25, 0.3) is 0 Å². The highest BCUT2D eigenvalue weighted by atomic mass is 16.6. The third kappa shape index (κ3) is 8.66. The van der Waals surface area contributed by atoms with Crippen LogP contribution in [0.15, 0.2) is 24.3 Å². The molecule has 1 atom stereocenters. The average Bonchev–Trinajstić information content (AvgIpc) is 2.59. The van der Waals surface area contributed by atoms with Gasteiger partial charge in [-0.3, -0.25) is 14.9 Å². The third-order valence-corrected chi connectivity index (χ3v) is 4.65. The Labute approximate surface area is 150 Å². The van der Waals surface area contributed by atoms with E-state index in [1.807, 2.05) is 0 Å². The zero-order valence-electron chi connectivity index (χ0n) is 15.3. The number of nitrogens with zero attached hydrogens (tertiary/aromatic N) is 1. The molecule has 0 radical (unpaired) electrons. The zero-order chi connectivity index (χ0) is 18.5. The molecule has 0 aliphatic rings. The van der Waals surface area contributed by atoms with E-state index in [1.165, 1.54) is 57.1 Å². The van der Waals surface area contributed by atoms with E-state index in [0.717, 1.165) is 19.3 Å². The number of aliphatic carboxylic acids is 1. The van der Waals surface area contributed by atoms with E-state index < -0.39 is 16.8 Å². The predicted octanol–water partition coefficient (Wildman–Crippen LogP) is 6.07. The first-order valence-corrected chi connectivity index (χ1v) is 9.53. The lowest BCUT2D eigenvalue weighted by Gasteiger charge is -2.12. The summed E-state index contributed by atoms with van der Waals surface area (Å²) in [7, 11) is 0. The van der Waals surface area contributed by atoms with Crippen LogP contribution < -0.4 is 0 Å². The zero-order valence-corrected chi connectivity index (χ0v) is 15.3. The van der Waals surface area contributed by atoms with Crippen LogP contribution in [0.4, 0.5) is 5.69 Å². The second-order valence-electron chi connectivity index (χ2n) is 6.71. The summed E-state index contributed by atoms with van der Waals surface area (Å²) >= 11 is 0. The van der Waals surface area contributed by atoms with Crippen molar-refractivity contribution >= 4 is 11.7 Å². The van der Waals surface area contributed by atoms with Gasteiger partial charge in [-0.25, -0.2) is 0 Å². The van der Waals surface area contributed by atoms with Crippen molar-refractivity contribution in [3.63, 3.8) is 0 Å². The molecular formula is C20H31NO4. The highest BCUT2D eigenvalue weighted by Gasteiger charge is 2.20. The maximum Gasteiger partial charge on any atom is 0.310 e. The van der Waals surface area contributed by atoms with Gasteiger partial charge in [0.05, 0.1) is 10.8 Å². The molecule has 1 aromatic carbocycles. The number of non-ortho nitro benzene ring substituents is 1. The van der Waals surface area contributed by atoms with Gasteiger partial charge in [0.25, 0.3) is 5.69 Å². The summed E-state index contributed by atoms with van der Waals surface area (Å²) in [4.78, 5) is 21.7. The molecule has 0 aliphatic carbocycles. The van der Waals surface area contributed by atoms with E-state index in [0.29, 0.717) is 12.0 Å². The molecule has 0 aromatic heterocycles. The molecule has 0 unspecified atom stereocenters. The summed E-state index contributed by atoms with van der Waals surface area (Å²) in [6.07, 6.45) is 12.7. The smallest absolute Gasteiger partial charge is 0.310 e. The number of nitro benzene ring substituents is 1. The number of carboxylic acids is 1. The standard InChI is InChI=1S/C20H31NO4/c1-2-3-4-5-6-7-8-9-10-11-12-19(20(22)23)17-13-15-18(16-14-17)21(24)25/h13-16,19H,2-12H2,1H3,(H,22,23)/t19-/m0/s1. The lowest BCUT2D eigenvalue weighted by molar-refractivity contribution is -0.384. The van der Waals surface area contributed by atoms with E-state index in [9.17, 15) is 20.0 Å². The second kappa shape index (κ2) is 12.5. The number of unbranched alkanes of at least 4 members (excludes halogenated alkanes) is 9. The lowest BCUT2D eigenvalue weighted by atomic mass is 9.93. The van der Waals surface area contributed by atoms with Crippen molar-refractivity contribution < 1.29 is 14.8 Å². The quantitative estimate of drug-likeness (QED) is 0.251. The molecule has 0 amide bonds. The molecule has 1 rings (SSSR count). The summed E-state index contributed by atoms with van der Waals surface area (Å²) in [5, 5.41) is 20.1. The largest absolute Gasteiger partial charge is 0.481 e. The maximum absolute atomic E-state index is 11.5. The molecule has 25 heavy (non-hydrogen) atoms. The second-order valence-corrected chi connectivity index (χ2v) is 6.71. The van der Waals surface area contributed by atoms with Crippen molar-refractivity contribution in [2.45, 2.75) is 83.5 Å². The summed E-state index contributed by atoms with van der Waals surface area (Å²) < 4.78 is 0. The number of rotatable bonds is 14. The first kappa shape index (κ1) is 21.1. The minimum absolute atomic E-state index is 0.00757. The van der Waals surface area contributed by atoms with Crippen LogP contribution in [-0.2, 0) is 4.79 Å². The molecule has 5 heteroatoms. The Balaban J connectivity index is 2.25. The van der Waals surface area contributed by atoms with Crippen LogP contribution in [0.1, 0.15) is 89.0 Å². The molecule has 0 spiro atoms. The van der Waals surface area contributed by atoms with Crippen LogP contribution in [0.5, 0.6) is 0 Å².